The number of benzene rings is 1. The van der Waals surface area contributed by atoms with Gasteiger partial charge in [-0.3, -0.25) is 0 Å². The van der Waals surface area contributed by atoms with Crippen molar-refractivity contribution in [2.75, 3.05) is 19.8 Å². The molecule has 1 aliphatic rings. The summed E-state index contributed by atoms with van der Waals surface area (Å²) >= 11 is 0. The Morgan fingerprint density at radius 3 is 3.00 bits per heavy atom. The third-order valence-corrected chi connectivity index (χ3v) is 3.59. The Balaban J connectivity index is 1.71. The van der Waals surface area contributed by atoms with Crippen molar-refractivity contribution in [1.29, 1.82) is 0 Å². The normalized spacial score (nSPS) is 19.3. The first-order valence-corrected chi connectivity index (χ1v) is 6.73. The second kappa shape index (κ2) is 5.74. The average Bonchev–Trinajstić information content (AvgIpc) is 3.06. The minimum Gasteiger partial charge on any atom is -0.459 e. The van der Waals surface area contributed by atoms with E-state index < -0.39 is 0 Å². The van der Waals surface area contributed by atoms with Gasteiger partial charge in [0.05, 0.1) is 26.4 Å². The van der Waals surface area contributed by atoms with Gasteiger partial charge in [0, 0.05) is 23.5 Å². The molecule has 2 aromatic rings. The van der Waals surface area contributed by atoms with Gasteiger partial charge in [0.25, 0.3) is 0 Å². The summed E-state index contributed by atoms with van der Waals surface area (Å²) in [6.45, 7) is 3.37. The fourth-order valence-electron chi connectivity index (χ4n) is 2.52. The lowest BCUT2D eigenvalue weighted by Gasteiger charge is -2.08. The van der Waals surface area contributed by atoms with Gasteiger partial charge in [-0.05, 0) is 12.5 Å². The highest BCUT2D eigenvalue weighted by Crippen LogP contribution is 2.26. The number of nitrogens with two attached hydrogens (primary N) is 1. The Hall–Kier alpha value is -1.36. The molecule has 1 atom stereocenters. The highest BCUT2D eigenvalue weighted by Gasteiger charge is 2.17. The summed E-state index contributed by atoms with van der Waals surface area (Å²) in [6, 6.07) is 7.98. The highest BCUT2D eigenvalue weighted by molar-refractivity contribution is 5.82. The maximum absolute atomic E-state index is 5.82. The van der Waals surface area contributed by atoms with Gasteiger partial charge in [-0.25, -0.2) is 0 Å². The molecule has 19 heavy (non-hydrogen) atoms. The van der Waals surface area contributed by atoms with Crippen molar-refractivity contribution < 1.29 is 13.9 Å². The van der Waals surface area contributed by atoms with Crippen LogP contribution in [-0.4, -0.2) is 19.8 Å². The van der Waals surface area contributed by atoms with Crippen LogP contribution < -0.4 is 5.73 Å². The summed E-state index contributed by atoms with van der Waals surface area (Å²) in [5.74, 6) is 1.35. The molecule has 2 N–H and O–H groups in total. The lowest BCUT2D eigenvalue weighted by Crippen LogP contribution is -2.10. The van der Waals surface area contributed by atoms with E-state index in [2.05, 4.69) is 6.07 Å². The summed E-state index contributed by atoms with van der Waals surface area (Å²) in [6.07, 6.45) is 1.09. The van der Waals surface area contributed by atoms with Gasteiger partial charge < -0.3 is 19.6 Å². The van der Waals surface area contributed by atoms with Gasteiger partial charge >= 0.3 is 0 Å². The molecule has 0 spiro atoms. The maximum atomic E-state index is 5.82. The molecule has 1 fully saturated rings. The van der Waals surface area contributed by atoms with Crippen LogP contribution in [-0.2, 0) is 22.6 Å². The van der Waals surface area contributed by atoms with E-state index in [-0.39, 0.29) is 0 Å². The average molecular weight is 261 g/mol. The first-order valence-electron chi connectivity index (χ1n) is 6.73. The minimum absolute atomic E-state index is 0.403. The van der Waals surface area contributed by atoms with Crippen LogP contribution in [0.3, 0.4) is 0 Å². The van der Waals surface area contributed by atoms with Crippen LogP contribution in [0.5, 0.6) is 0 Å². The first-order chi connectivity index (χ1) is 9.38. The molecular weight excluding hydrogens is 242 g/mol. The monoisotopic (exact) mass is 261 g/mol. The highest BCUT2D eigenvalue weighted by atomic mass is 16.5. The SMILES string of the molecule is NCc1oc2ccccc2c1COCC1CCOC1. The first kappa shape index (κ1) is 12.7. The number of furan rings is 1. The van der Waals surface area contributed by atoms with Crippen LogP contribution in [0.4, 0.5) is 0 Å². The third kappa shape index (κ3) is 2.66. The summed E-state index contributed by atoms with van der Waals surface area (Å²) < 4.78 is 16.9. The summed E-state index contributed by atoms with van der Waals surface area (Å²) in [5.41, 5.74) is 7.70. The van der Waals surface area contributed by atoms with Crippen molar-refractivity contribution >= 4 is 11.0 Å². The van der Waals surface area contributed by atoms with Gasteiger partial charge in [-0.15, -0.1) is 0 Å². The van der Waals surface area contributed by atoms with E-state index in [9.17, 15) is 0 Å². The maximum Gasteiger partial charge on any atom is 0.134 e. The van der Waals surface area contributed by atoms with E-state index >= 15 is 0 Å². The summed E-state index contributed by atoms with van der Waals surface area (Å²) in [5, 5.41) is 1.10. The molecule has 0 amide bonds. The molecule has 1 unspecified atom stereocenters. The van der Waals surface area contributed by atoms with Gasteiger partial charge in [-0.1, -0.05) is 18.2 Å². The molecule has 1 aromatic heterocycles. The Labute approximate surface area is 112 Å². The number of fused-ring (bicyclic) bond motifs is 1. The molecule has 0 aliphatic carbocycles. The van der Waals surface area contributed by atoms with Crippen molar-refractivity contribution in [3.63, 3.8) is 0 Å². The molecule has 4 heteroatoms. The number of hydrogen-bond donors (Lipinski definition) is 1. The predicted octanol–water partition coefficient (Wildman–Crippen LogP) is 2.44. The summed E-state index contributed by atoms with van der Waals surface area (Å²) in [7, 11) is 0. The molecule has 0 saturated carbocycles. The van der Waals surface area contributed by atoms with Gasteiger partial charge in [0.2, 0.25) is 0 Å². The third-order valence-electron chi connectivity index (χ3n) is 3.59. The van der Waals surface area contributed by atoms with Crippen molar-refractivity contribution in [3.8, 4) is 0 Å². The summed E-state index contributed by atoms with van der Waals surface area (Å²) in [4.78, 5) is 0. The zero-order valence-electron chi connectivity index (χ0n) is 10.9. The molecule has 4 nitrogen and oxygen atoms in total. The van der Waals surface area contributed by atoms with Crippen LogP contribution >= 0.6 is 0 Å². The van der Waals surface area contributed by atoms with Crippen LogP contribution in [0, 0.1) is 5.92 Å². The van der Waals surface area contributed by atoms with E-state index in [1.165, 1.54) is 0 Å². The molecular formula is C15H19NO3. The van der Waals surface area contributed by atoms with E-state index in [0.29, 0.717) is 19.1 Å². The van der Waals surface area contributed by atoms with Crippen molar-refractivity contribution in [2.24, 2.45) is 11.7 Å². The molecule has 0 bridgehead atoms. The van der Waals surface area contributed by atoms with Crippen LogP contribution in [0.1, 0.15) is 17.7 Å². The Kier molecular flexibility index (Phi) is 3.82. The fourth-order valence-corrected chi connectivity index (χ4v) is 2.52. The van der Waals surface area contributed by atoms with E-state index in [4.69, 9.17) is 19.6 Å². The number of ether oxygens (including phenoxy) is 2. The molecule has 0 radical (unpaired) electrons. The number of hydrogen-bond acceptors (Lipinski definition) is 4. The van der Waals surface area contributed by atoms with E-state index in [1.807, 2.05) is 18.2 Å². The second-order valence-electron chi connectivity index (χ2n) is 4.95. The number of rotatable bonds is 5. The predicted molar refractivity (Wildman–Crippen MR) is 72.7 cm³/mol. The van der Waals surface area contributed by atoms with Gasteiger partial charge in [-0.2, -0.15) is 0 Å². The van der Waals surface area contributed by atoms with E-state index in [1.54, 1.807) is 0 Å². The lowest BCUT2D eigenvalue weighted by atomic mass is 10.1. The van der Waals surface area contributed by atoms with Crippen molar-refractivity contribution in [2.45, 2.75) is 19.6 Å². The van der Waals surface area contributed by atoms with Crippen molar-refractivity contribution in [3.05, 3.63) is 35.6 Å². The van der Waals surface area contributed by atoms with E-state index in [0.717, 1.165) is 48.5 Å². The Bertz CT molecular complexity index is 543. The molecule has 1 aliphatic heterocycles. The Morgan fingerprint density at radius 2 is 2.21 bits per heavy atom. The van der Waals surface area contributed by atoms with Crippen LogP contribution in [0.2, 0.25) is 0 Å². The zero-order chi connectivity index (χ0) is 13.1. The lowest BCUT2D eigenvalue weighted by molar-refractivity contribution is 0.0788. The zero-order valence-corrected chi connectivity index (χ0v) is 10.9. The fraction of sp³-hybridized carbons (Fsp3) is 0.467. The molecule has 102 valence electrons. The van der Waals surface area contributed by atoms with Gasteiger partial charge in [0.15, 0.2) is 0 Å². The molecule has 2 heterocycles. The van der Waals surface area contributed by atoms with Crippen LogP contribution in [0.15, 0.2) is 28.7 Å². The van der Waals surface area contributed by atoms with Crippen molar-refractivity contribution in [1.82, 2.24) is 0 Å². The molecule has 1 aromatic carbocycles. The molecule has 1 saturated heterocycles. The smallest absolute Gasteiger partial charge is 0.134 e. The number of para-hydroxylation sites is 1. The minimum atomic E-state index is 0.403. The molecule has 3 rings (SSSR count). The quantitative estimate of drug-likeness (QED) is 0.898. The van der Waals surface area contributed by atoms with Crippen LogP contribution in [0.25, 0.3) is 11.0 Å². The van der Waals surface area contributed by atoms with Gasteiger partial charge in [0.1, 0.15) is 11.3 Å². The topological polar surface area (TPSA) is 57.6 Å². The largest absolute Gasteiger partial charge is 0.459 e. The standard InChI is InChI=1S/C15H19NO3/c16-7-15-13(10-18-9-11-5-6-17-8-11)12-3-1-2-4-14(12)19-15/h1-4,11H,5-10,16H2. The second-order valence-corrected chi connectivity index (χ2v) is 4.95. The Morgan fingerprint density at radius 1 is 1.32 bits per heavy atom.